The monoisotopic (exact) mass is 249 g/mol. The molecule has 2 heterocycles. The number of aromatic nitrogens is 1. The van der Waals surface area contributed by atoms with E-state index in [2.05, 4.69) is 43.1 Å². The van der Waals surface area contributed by atoms with Crippen molar-refractivity contribution < 1.29 is 0 Å². The summed E-state index contributed by atoms with van der Waals surface area (Å²) in [5.74, 6) is 0. The van der Waals surface area contributed by atoms with Gasteiger partial charge in [-0.25, -0.2) is 0 Å². The van der Waals surface area contributed by atoms with E-state index in [0.717, 1.165) is 5.69 Å². The van der Waals surface area contributed by atoms with Gasteiger partial charge in [-0.3, -0.25) is 4.98 Å². The van der Waals surface area contributed by atoms with Crippen molar-refractivity contribution >= 4 is 11.3 Å². The number of rotatable bonds is 1. The molecular formula is C15H23NS. The average Bonchev–Trinajstić information content (AvgIpc) is 2.82. The van der Waals surface area contributed by atoms with Crippen molar-refractivity contribution in [3.05, 3.63) is 40.9 Å². The second-order valence-electron chi connectivity index (χ2n) is 3.13. The molecule has 0 aliphatic heterocycles. The molecule has 0 unspecified atom stereocenters. The Labute approximate surface area is 110 Å². The van der Waals surface area contributed by atoms with E-state index < -0.39 is 0 Å². The van der Waals surface area contributed by atoms with Gasteiger partial charge in [0.25, 0.3) is 0 Å². The molecule has 0 fully saturated rings. The molecule has 2 aromatic rings. The lowest BCUT2D eigenvalue weighted by Crippen LogP contribution is -1.79. The first-order valence-corrected chi connectivity index (χ1v) is 7.07. The molecule has 0 N–H and O–H groups in total. The SMILES string of the molecule is CC.CC.Cc1ccc(-c2ccc(C)s2)nc1. The van der Waals surface area contributed by atoms with Crippen LogP contribution in [-0.2, 0) is 0 Å². The minimum Gasteiger partial charge on any atom is -0.255 e. The van der Waals surface area contributed by atoms with E-state index >= 15 is 0 Å². The summed E-state index contributed by atoms with van der Waals surface area (Å²) in [6, 6.07) is 8.41. The van der Waals surface area contributed by atoms with Crippen LogP contribution < -0.4 is 0 Å². The molecule has 0 radical (unpaired) electrons. The summed E-state index contributed by atoms with van der Waals surface area (Å²) in [6.07, 6.45) is 1.91. The summed E-state index contributed by atoms with van der Waals surface area (Å²) in [6.45, 7) is 12.2. The molecule has 2 aromatic heterocycles. The van der Waals surface area contributed by atoms with E-state index in [1.807, 2.05) is 33.9 Å². The Morgan fingerprint density at radius 1 is 0.882 bits per heavy atom. The van der Waals surface area contributed by atoms with Crippen LogP contribution in [0.15, 0.2) is 30.5 Å². The number of nitrogens with zero attached hydrogens (tertiary/aromatic N) is 1. The van der Waals surface area contributed by atoms with Crippen molar-refractivity contribution in [2.45, 2.75) is 41.5 Å². The van der Waals surface area contributed by atoms with Gasteiger partial charge in [-0.2, -0.15) is 0 Å². The predicted octanol–water partition coefficient (Wildman–Crippen LogP) is 5.48. The van der Waals surface area contributed by atoms with Crippen LogP contribution in [0, 0.1) is 13.8 Å². The topological polar surface area (TPSA) is 12.9 Å². The minimum atomic E-state index is 1.07. The fourth-order valence-electron chi connectivity index (χ4n) is 1.19. The van der Waals surface area contributed by atoms with Crippen LogP contribution in [0.1, 0.15) is 38.1 Å². The van der Waals surface area contributed by atoms with E-state index in [0.29, 0.717) is 0 Å². The van der Waals surface area contributed by atoms with Crippen molar-refractivity contribution in [3.8, 4) is 10.6 Å². The molecule has 17 heavy (non-hydrogen) atoms. The molecule has 1 nitrogen and oxygen atoms in total. The number of thiophene rings is 1. The van der Waals surface area contributed by atoms with Crippen LogP contribution in [0.3, 0.4) is 0 Å². The van der Waals surface area contributed by atoms with Gasteiger partial charge in [0.1, 0.15) is 0 Å². The molecule has 0 bridgehead atoms. The number of hydrogen-bond donors (Lipinski definition) is 0. The minimum absolute atomic E-state index is 1.07. The van der Waals surface area contributed by atoms with E-state index in [9.17, 15) is 0 Å². The number of hydrogen-bond acceptors (Lipinski definition) is 2. The van der Waals surface area contributed by atoms with Crippen molar-refractivity contribution in [1.29, 1.82) is 0 Å². The summed E-state index contributed by atoms with van der Waals surface area (Å²) in [5, 5.41) is 0. The summed E-state index contributed by atoms with van der Waals surface area (Å²) < 4.78 is 0. The Hall–Kier alpha value is -1.15. The van der Waals surface area contributed by atoms with Gasteiger partial charge in [0, 0.05) is 11.1 Å². The Morgan fingerprint density at radius 2 is 1.53 bits per heavy atom. The van der Waals surface area contributed by atoms with Gasteiger partial charge in [-0.15, -0.1) is 11.3 Å². The molecule has 2 rings (SSSR count). The maximum absolute atomic E-state index is 4.37. The maximum atomic E-state index is 4.37. The van der Waals surface area contributed by atoms with Crippen molar-refractivity contribution in [3.63, 3.8) is 0 Å². The molecule has 0 aliphatic rings. The van der Waals surface area contributed by atoms with E-state index in [4.69, 9.17) is 0 Å². The van der Waals surface area contributed by atoms with Gasteiger partial charge < -0.3 is 0 Å². The molecule has 0 saturated carbocycles. The summed E-state index contributed by atoms with van der Waals surface area (Å²) in [7, 11) is 0. The first-order valence-electron chi connectivity index (χ1n) is 6.25. The maximum Gasteiger partial charge on any atom is 0.0801 e. The molecule has 2 heteroatoms. The lowest BCUT2D eigenvalue weighted by atomic mass is 10.2. The van der Waals surface area contributed by atoms with E-state index in [1.54, 1.807) is 11.3 Å². The van der Waals surface area contributed by atoms with Gasteiger partial charge in [0.2, 0.25) is 0 Å². The zero-order chi connectivity index (χ0) is 13.3. The summed E-state index contributed by atoms with van der Waals surface area (Å²) >= 11 is 1.78. The van der Waals surface area contributed by atoms with Crippen LogP contribution in [0.2, 0.25) is 0 Å². The van der Waals surface area contributed by atoms with Crippen LogP contribution in [0.5, 0.6) is 0 Å². The Kier molecular flexibility index (Phi) is 8.34. The zero-order valence-corrected chi connectivity index (χ0v) is 12.6. The fraction of sp³-hybridized carbons (Fsp3) is 0.400. The number of pyridine rings is 1. The van der Waals surface area contributed by atoms with Gasteiger partial charge in [-0.1, -0.05) is 33.8 Å². The van der Waals surface area contributed by atoms with Crippen molar-refractivity contribution in [2.75, 3.05) is 0 Å². The first-order chi connectivity index (χ1) is 8.25. The number of aryl methyl sites for hydroxylation is 2. The highest BCUT2D eigenvalue weighted by Gasteiger charge is 2.00. The first kappa shape index (κ1) is 15.9. The van der Waals surface area contributed by atoms with Gasteiger partial charge >= 0.3 is 0 Å². The predicted molar refractivity (Wildman–Crippen MR) is 79.7 cm³/mol. The lowest BCUT2D eigenvalue weighted by molar-refractivity contribution is 1.28. The van der Waals surface area contributed by atoms with Crippen LogP contribution >= 0.6 is 11.3 Å². The third kappa shape index (κ3) is 5.14. The van der Waals surface area contributed by atoms with Crippen LogP contribution in [-0.4, -0.2) is 4.98 Å². The molecule has 94 valence electrons. The molecular weight excluding hydrogens is 226 g/mol. The second-order valence-corrected chi connectivity index (χ2v) is 4.42. The highest BCUT2D eigenvalue weighted by Crippen LogP contribution is 2.25. The standard InChI is InChI=1S/C11H11NS.2C2H6/c1-8-3-5-10(12-7-8)11-6-4-9(2)13-11;2*1-2/h3-7H,1-2H3;2*1-2H3. The summed E-state index contributed by atoms with van der Waals surface area (Å²) in [4.78, 5) is 6.95. The fourth-order valence-corrected chi connectivity index (χ4v) is 2.03. The molecule has 0 spiro atoms. The molecule has 0 aliphatic carbocycles. The second kappa shape index (κ2) is 8.94. The van der Waals surface area contributed by atoms with Gasteiger partial charge in [0.15, 0.2) is 0 Å². The normalized spacial score (nSPS) is 8.59. The van der Waals surface area contributed by atoms with Crippen LogP contribution in [0.4, 0.5) is 0 Å². The smallest absolute Gasteiger partial charge is 0.0801 e. The summed E-state index contributed by atoms with van der Waals surface area (Å²) in [5.41, 5.74) is 2.28. The largest absolute Gasteiger partial charge is 0.255 e. The molecule has 0 aromatic carbocycles. The van der Waals surface area contributed by atoms with E-state index in [1.165, 1.54) is 15.3 Å². The van der Waals surface area contributed by atoms with Crippen molar-refractivity contribution in [2.24, 2.45) is 0 Å². The third-order valence-electron chi connectivity index (χ3n) is 1.90. The Morgan fingerprint density at radius 3 is 1.94 bits per heavy atom. The molecule has 0 saturated heterocycles. The average molecular weight is 249 g/mol. The van der Waals surface area contributed by atoms with Crippen molar-refractivity contribution in [1.82, 2.24) is 4.98 Å². The Bertz CT molecular complexity index is 401. The third-order valence-corrected chi connectivity index (χ3v) is 2.93. The highest BCUT2D eigenvalue weighted by molar-refractivity contribution is 7.15. The van der Waals surface area contributed by atoms with Crippen LogP contribution in [0.25, 0.3) is 10.6 Å². The quantitative estimate of drug-likeness (QED) is 0.652. The Balaban J connectivity index is 0.000000581. The highest BCUT2D eigenvalue weighted by atomic mass is 32.1. The zero-order valence-electron chi connectivity index (χ0n) is 11.7. The molecule has 0 amide bonds. The lowest BCUT2D eigenvalue weighted by Gasteiger charge is -1.95. The van der Waals surface area contributed by atoms with E-state index in [-0.39, 0.29) is 0 Å². The molecule has 0 atom stereocenters. The van der Waals surface area contributed by atoms with Gasteiger partial charge in [0.05, 0.1) is 10.6 Å². The van der Waals surface area contributed by atoms with Gasteiger partial charge in [-0.05, 0) is 37.6 Å².